The Hall–Kier alpha value is -1.55. The molecule has 1 aromatic carbocycles. The van der Waals surface area contributed by atoms with Crippen LogP contribution in [-0.2, 0) is 14.3 Å². The topological polar surface area (TPSA) is 63.6 Å². The van der Waals surface area contributed by atoms with Crippen LogP contribution in [0.4, 0.5) is 0 Å². The van der Waals surface area contributed by atoms with Crippen molar-refractivity contribution < 1.29 is 19.4 Å². The number of hydrogen-bond acceptors (Lipinski definition) is 3. The zero-order valence-corrected chi connectivity index (χ0v) is 8.98. The lowest BCUT2D eigenvalue weighted by atomic mass is 9.95. The first kappa shape index (κ1) is 11.0. The van der Waals surface area contributed by atoms with E-state index < -0.39 is 24.0 Å². The molecule has 0 amide bonds. The van der Waals surface area contributed by atoms with Crippen LogP contribution >= 0.6 is 11.6 Å². The van der Waals surface area contributed by atoms with Crippen molar-refractivity contribution in [1.82, 2.24) is 0 Å². The van der Waals surface area contributed by atoms with Gasteiger partial charge in [0.15, 0.2) is 0 Å². The molecule has 1 aliphatic heterocycles. The lowest BCUT2D eigenvalue weighted by molar-refractivity contribution is -0.144. The van der Waals surface area contributed by atoms with Crippen molar-refractivity contribution in [3.63, 3.8) is 0 Å². The van der Waals surface area contributed by atoms with E-state index in [0.717, 1.165) is 0 Å². The molecule has 16 heavy (non-hydrogen) atoms. The number of ether oxygens (including phenoxy) is 1. The second-order valence-corrected chi connectivity index (χ2v) is 4.05. The van der Waals surface area contributed by atoms with Crippen LogP contribution in [0.5, 0.6) is 0 Å². The molecule has 0 aromatic heterocycles. The molecule has 2 unspecified atom stereocenters. The minimum Gasteiger partial charge on any atom is -0.481 e. The fourth-order valence-corrected chi connectivity index (χ4v) is 1.85. The van der Waals surface area contributed by atoms with Gasteiger partial charge in [-0.05, 0) is 17.7 Å². The van der Waals surface area contributed by atoms with Gasteiger partial charge in [-0.2, -0.15) is 0 Å². The first-order chi connectivity index (χ1) is 7.58. The van der Waals surface area contributed by atoms with Crippen LogP contribution in [0.25, 0.3) is 0 Å². The van der Waals surface area contributed by atoms with Gasteiger partial charge in [0.2, 0.25) is 0 Å². The van der Waals surface area contributed by atoms with Crippen molar-refractivity contribution in [3.8, 4) is 0 Å². The molecule has 5 heteroatoms. The summed E-state index contributed by atoms with van der Waals surface area (Å²) in [6.45, 7) is 0. The van der Waals surface area contributed by atoms with Crippen molar-refractivity contribution in [1.29, 1.82) is 0 Å². The number of carbonyl (C=O) groups is 2. The fraction of sp³-hybridized carbons (Fsp3) is 0.273. The number of benzene rings is 1. The summed E-state index contributed by atoms with van der Waals surface area (Å²) in [6.07, 6.45) is -0.787. The molecule has 0 saturated carbocycles. The van der Waals surface area contributed by atoms with E-state index in [1.54, 1.807) is 24.3 Å². The monoisotopic (exact) mass is 240 g/mol. The molecular formula is C11H9ClO4. The molecule has 0 spiro atoms. The minimum atomic E-state index is -1.02. The average Bonchev–Trinajstić information content (AvgIpc) is 2.61. The van der Waals surface area contributed by atoms with Gasteiger partial charge in [-0.3, -0.25) is 9.59 Å². The molecule has 1 aliphatic rings. The van der Waals surface area contributed by atoms with E-state index in [9.17, 15) is 9.59 Å². The maximum absolute atomic E-state index is 11.1. The van der Waals surface area contributed by atoms with E-state index in [1.165, 1.54) is 0 Å². The molecule has 2 rings (SSSR count). The third-order valence-electron chi connectivity index (χ3n) is 2.53. The van der Waals surface area contributed by atoms with Crippen LogP contribution in [0.15, 0.2) is 24.3 Å². The third-order valence-corrected chi connectivity index (χ3v) is 2.78. The SMILES string of the molecule is O=C1CC(C(=O)O)C(c2ccc(Cl)cc2)O1. The Kier molecular flexibility index (Phi) is 2.83. The van der Waals surface area contributed by atoms with Crippen molar-refractivity contribution in [2.45, 2.75) is 12.5 Å². The van der Waals surface area contributed by atoms with Gasteiger partial charge in [-0.15, -0.1) is 0 Å². The fourth-order valence-electron chi connectivity index (χ4n) is 1.73. The number of halogens is 1. The normalized spacial score (nSPS) is 24.2. The Bertz CT molecular complexity index is 426. The van der Waals surface area contributed by atoms with Gasteiger partial charge in [-0.25, -0.2) is 0 Å². The van der Waals surface area contributed by atoms with Crippen molar-refractivity contribution in [3.05, 3.63) is 34.9 Å². The van der Waals surface area contributed by atoms with Crippen LogP contribution in [-0.4, -0.2) is 17.0 Å². The largest absolute Gasteiger partial charge is 0.481 e. The van der Waals surface area contributed by atoms with Gasteiger partial charge >= 0.3 is 11.9 Å². The second kappa shape index (κ2) is 4.14. The molecule has 84 valence electrons. The lowest BCUT2D eigenvalue weighted by Gasteiger charge is -2.14. The van der Waals surface area contributed by atoms with Crippen molar-refractivity contribution in [2.75, 3.05) is 0 Å². The van der Waals surface area contributed by atoms with E-state index in [2.05, 4.69) is 0 Å². The summed E-state index contributed by atoms with van der Waals surface area (Å²) in [5.41, 5.74) is 0.655. The zero-order chi connectivity index (χ0) is 11.7. The van der Waals surface area contributed by atoms with Crippen LogP contribution in [0, 0.1) is 5.92 Å². The number of esters is 1. The van der Waals surface area contributed by atoms with E-state index in [1.807, 2.05) is 0 Å². The van der Waals surface area contributed by atoms with Gasteiger partial charge in [0.1, 0.15) is 12.0 Å². The highest BCUT2D eigenvalue weighted by atomic mass is 35.5. The molecule has 1 heterocycles. The molecule has 1 fully saturated rings. The number of carboxylic acid groups (broad SMARTS) is 1. The van der Waals surface area contributed by atoms with Gasteiger partial charge in [-0.1, -0.05) is 23.7 Å². The Morgan fingerprint density at radius 1 is 1.38 bits per heavy atom. The predicted molar refractivity (Wildman–Crippen MR) is 56.0 cm³/mol. The number of carboxylic acids is 1. The van der Waals surface area contributed by atoms with Gasteiger partial charge in [0.05, 0.1) is 6.42 Å². The highest BCUT2D eigenvalue weighted by molar-refractivity contribution is 6.30. The minimum absolute atomic E-state index is 0.0807. The Balaban J connectivity index is 2.28. The van der Waals surface area contributed by atoms with Gasteiger partial charge in [0.25, 0.3) is 0 Å². The summed E-state index contributed by atoms with van der Waals surface area (Å²) >= 11 is 5.72. The number of aliphatic carboxylic acids is 1. The third kappa shape index (κ3) is 2.02. The van der Waals surface area contributed by atoms with Crippen molar-refractivity contribution in [2.24, 2.45) is 5.92 Å². The molecule has 2 atom stereocenters. The second-order valence-electron chi connectivity index (χ2n) is 3.61. The van der Waals surface area contributed by atoms with E-state index in [4.69, 9.17) is 21.4 Å². The molecule has 0 aliphatic carbocycles. The maximum Gasteiger partial charge on any atom is 0.311 e. The van der Waals surface area contributed by atoms with Crippen molar-refractivity contribution >= 4 is 23.5 Å². The molecule has 1 saturated heterocycles. The molecular weight excluding hydrogens is 232 g/mol. The molecule has 0 bridgehead atoms. The summed E-state index contributed by atoms with van der Waals surface area (Å²) in [5.74, 6) is -2.31. The number of rotatable bonds is 2. The highest BCUT2D eigenvalue weighted by Crippen LogP contribution is 2.35. The summed E-state index contributed by atoms with van der Waals surface area (Å²) in [7, 11) is 0. The Morgan fingerprint density at radius 3 is 2.56 bits per heavy atom. The van der Waals surface area contributed by atoms with Gasteiger partial charge < -0.3 is 9.84 Å². The summed E-state index contributed by atoms with van der Waals surface area (Å²) in [5, 5.41) is 9.51. The quantitative estimate of drug-likeness (QED) is 0.804. The number of cyclic esters (lactones) is 1. The van der Waals surface area contributed by atoms with Gasteiger partial charge in [0, 0.05) is 5.02 Å². The predicted octanol–water partition coefficient (Wildman–Crippen LogP) is 2.03. The molecule has 1 N–H and O–H groups in total. The first-order valence-electron chi connectivity index (χ1n) is 4.75. The maximum atomic E-state index is 11.1. The molecule has 4 nitrogen and oxygen atoms in total. The van der Waals surface area contributed by atoms with E-state index in [-0.39, 0.29) is 6.42 Å². The molecule has 1 aromatic rings. The van der Waals surface area contributed by atoms with E-state index in [0.29, 0.717) is 10.6 Å². The summed E-state index contributed by atoms with van der Waals surface area (Å²) < 4.78 is 5.00. The molecule has 0 radical (unpaired) electrons. The highest BCUT2D eigenvalue weighted by Gasteiger charge is 2.40. The van der Waals surface area contributed by atoms with Crippen LogP contribution in [0.2, 0.25) is 5.02 Å². The summed E-state index contributed by atoms with van der Waals surface area (Å²) in [6, 6.07) is 6.62. The van der Waals surface area contributed by atoms with Crippen LogP contribution in [0.1, 0.15) is 18.1 Å². The standard InChI is InChI=1S/C11H9ClO4/c12-7-3-1-6(2-4-7)10-8(11(14)15)5-9(13)16-10/h1-4,8,10H,5H2,(H,14,15). The van der Waals surface area contributed by atoms with E-state index >= 15 is 0 Å². The average molecular weight is 241 g/mol. The lowest BCUT2D eigenvalue weighted by Crippen LogP contribution is -2.17. The van der Waals surface area contributed by atoms with Crippen LogP contribution in [0.3, 0.4) is 0 Å². The first-order valence-corrected chi connectivity index (χ1v) is 5.13. The smallest absolute Gasteiger partial charge is 0.311 e. The Labute approximate surface area is 96.8 Å². The summed E-state index contributed by atoms with van der Waals surface area (Å²) in [4.78, 5) is 22.0. The number of carbonyl (C=O) groups excluding carboxylic acids is 1. The zero-order valence-electron chi connectivity index (χ0n) is 8.22. The Morgan fingerprint density at radius 2 is 2.00 bits per heavy atom. The number of hydrogen-bond donors (Lipinski definition) is 1. The van der Waals surface area contributed by atoms with Crippen LogP contribution < -0.4 is 0 Å².